The minimum atomic E-state index is -1.14. The van der Waals surface area contributed by atoms with Gasteiger partial charge in [-0.05, 0) is 76.5 Å². The van der Waals surface area contributed by atoms with Crippen molar-refractivity contribution in [3.63, 3.8) is 0 Å². The summed E-state index contributed by atoms with van der Waals surface area (Å²) in [7, 11) is 0. The van der Waals surface area contributed by atoms with Gasteiger partial charge < -0.3 is 29.7 Å². The number of aliphatic carboxylic acids is 1. The lowest BCUT2D eigenvalue weighted by molar-refractivity contribution is -0.143. The van der Waals surface area contributed by atoms with Crippen LogP contribution in [-0.4, -0.2) is 89.9 Å². The fraction of sp³-hybridized carbons (Fsp3) is 0.667. The van der Waals surface area contributed by atoms with E-state index in [-0.39, 0.29) is 37.5 Å². The number of nitrogens with zero attached hydrogens (tertiary/aromatic N) is 2. The molecule has 0 bridgehead atoms. The smallest absolute Gasteiger partial charge is 0.410 e. The van der Waals surface area contributed by atoms with Gasteiger partial charge in [0.25, 0.3) is 0 Å². The summed E-state index contributed by atoms with van der Waals surface area (Å²) in [5.41, 5.74) is 0.167. The number of carbonyl (C=O) groups is 4. The van der Waals surface area contributed by atoms with Crippen molar-refractivity contribution >= 4 is 23.9 Å². The summed E-state index contributed by atoms with van der Waals surface area (Å²) in [5, 5.41) is 12.4. The van der Waals surface area contributed by atoms with Gasteiger partial charge >= 0.3 is 12.1 Å². The number of alkyl halides is 1. The molecule has 1 unspecified atom stereocenters. The highest BCUT2D eigenvalue weighted by Crippen LogP contribution is 2.25. The zero-order valence-corrected chi connectivity index (χ0v) is 24.4. The standard InChI is InChI=1S/C30H44FN3O7/c1-30(2,3)41-29(39)33-16-12-21(13-17-33)8-11-26(35)34-15-4-5-23(20-34)27(36)32-25(28(37)38)19-22-6-9-24(10-7-22)40-18-14-31/h6-7,9-10,21,23,25H,4-5,8,11-20H2,1-3H3,(H,32,36)(H,37,38)/t23-,25?/m1/s1. The lowest BCUT2D eigenvalue weighted by Crippen LogP contribution is -2.50. The summed E-state index contributed by atoms with van der Waals surface area (Å²) in [6.45, 7) is 6.96. The number of halogens is 1. The zero-order valence-electron chi connectivity index (χ0n) is 24.4. The first kappa shape index (κ1) is 32.1. The molecule has 0 spiro atoms. The van der Waals surface area contributed by atoms with Crippen LogP contribution in [0.25, 0.3) is 0 Å². The fourth-order valence-electron chi connectivity index (χ4n) is 5.24. The van der Waals surface area contributed by atoms with E-state index in [1.807, 2.05) is 20.8 Å². The van der Waals surface area contributed by atoms with Crippen LogP contribution in [0.2, 0.25) is 0 Å². The van der Waals surface area contributed by atoms with Crippen LogP contribution in [0.4, 0.5) is 9.18 Å². The molecule has 2 atom stereocenters. The molecule has 10 nitrogen and oxygen atoms in total. The molecule has 1 aromatic carbocycles. The number of nitrogens with one attached hydrogen (secondary N) is 1. The third-order valence-corrected chi connectivity index (χ3v) is 7.50. The molecule has 2 aliphatic heterocycles. The maximum Gasteiger partial charge on any atom is 0.410 e. The Morgan fingerprint density at radius 1 is 1.05 bits per heavy atom. The number of carboxylic acid groups (broad SMARTS) is 1. The molecule has 2 N–H and O–H groups in total. The summed E-state index contributed by atoms with van der Waals surface area (Å²) in [6.07, 6.45) is 3.81. The Bertz CT molecular complexity index is 1040. The van der Waals surface area contributed by atoms with Gasteiger partial charge in [-0.1, -0.05) is 12.1 Å². The van der Waals surface area contributed by atoms with E-state index in [1.54, 1.807) is 34.1 Å². The Hall–Kier alpha value is -3.37. The van der Waals surface area contributed by atoms with E-state index < -0.39 is 30.2 Å². The summed E-state index contributed by atoms with van der Waals surface area (Å²) >= 11 is 0. The quantitative estimate of drug-likeness (QED) is 0.410. The van der Waals surface area contributed by atoms with Gasteiger partial charge in [-0.15, -0.1) is 0 Å². The maximum absolute atomic E-state index is 13.0. The molecule has 0 radical (unpaired) electrons. The van der Waals surface area contributed by atoms with Crippen molar-refractivity contribution in [1.29, 1.82) is 0 Å². The van der Waals surface area contributed by atoms with Crippen LogP contribution >= 0.6 is 0 Å². The Labute approximate surface area is 241 Å². The van der Waals surface area contributed by atoms with E-state index in [0.29, 0.717) is 56.1 Å². The number of carboxylic acids is 1. The highest BCUT2D eigenvalue weighted by atomic mass is 19.1. The molecule has 3 amide bonds. The van der Waals surface area contributed by atoms with Crippen LogP contribution in [0.3, 0.4) is 0 Å². The average molecular weight is 578 g/mol. The van der Waals surface area contributed by atoms with Crippen molar-refractivity contribution in [1.82, 2.24) is 15.1 Å². The molecule has 2 saturated heterocycles. The van der Waals surface area contributed by atoms with Crippen molar-refractivity contribution in [2.45, 2.75) is 77.4 Å². The number of ether oxygens (including phenoxy) is 2. The van der Waals surface area contributed by atoms with E-state index in [9.17, 15) is 28.7 Å². The first-order chi connectivity index (χ1) is 19.4. The minimum absolute atomic E-state index is 0.00178. The fourth-order valence-corrected chi connectivity index (χ4v) is 5.24. The number of hydrogen-bond acceptors (Lipinski definition) is 6. The third kappa shape index (κ3) is 10.5. The molecule has 0 aromatic heterocycles. The summed E-state index contributed by atoms with van der Waals surface area (Å²) in [4.78, 5) is 53.6. The molecule has 0 aliphatic carbocycles. The highest BCUT2D eigenvalue weighted by molar-refractivity contribution is 5.86. The summed E-state index contributed by atoms with van der Waals surface area (Å²) < 4.78 is 22.9. The second-order valence-corrected chi connectivity index (χ2v) is 11.9. The van der Waals surface area contributed by atoms with Crippen LogP contribution in [0.5, 0.6) is 5.75 Å². The molecule has 2 heterocycles. The summed E-state index contributed by atoms with van der Waals surface area (Å²) in [5.74, 6) is -1.14. The van der Waals surface area contributed by atoms with Gasteiger partial charge in [-0.3, -0.25) is 9.59 Å². The second-order valence-electron chi connectivity index (χ2n) is 11.9. The van der Waals surface area contributed by atoms with Crippen LogP contribution in [0, 0.1) is 11.8 Å². The Morgan fingerprint density at radius 2 is 1.73 bits per heavy atom. The number of hydrogen-bond donors (Lipinski definition) is 2. The van der Waals surface area contributed by atoms with Crippen molar-refractivity contribution in [2.75, 3.05) is 39.5 Å². The van der Waals surface area contributed by atoms with Crippen molar-refractivity contribution in [2.24, 2.45) is 11.8 Å². The number of carbonyl (C=O) groups excluding carboxylic acids is 3. The lowest BCUT2D eigenvalue weighted by atomic mass is 9.91. The van der Waals surface area contributed by atoms with E-state index >= 15 is 0 Å². The van der Waals surface area contributed by atoms with Gasteiger partial charge in [-0.25, -0.2) is 14.0 Å². The van der Waals surface area contributed by atoms with Gasteiger partial charge in [0.15, 0.2) is 0 Å². The zero-order chi connectivity index (χ0) is 30.0. The number of rotatable bonds is 11. The molecule has 0 saturated carbocycles. The predicted octanol–water partition coefficient (Wildman–Crippen LogP) is 3.81. The van der Waals surface area contributed by atoms with Crippen molar-refractivity contribution in [3.8, 4) is 5.75 Å². The van der Waals surface area contributed by atoms with Crippen molar-refractivity contribution < 1.29 is 38.1 Å². The molecule has 3 rings (SSSR count). The van der Waals surface area contributed by atoms with Crippen LogP contribution < -0.4 is 10.1 Å². The average Bonchev–Trinajstić information content (AvgIpc) is 2.94. The Kier molecular flexibility index (Phi) is 11.8. The number of benzene rings is 1. The topological polar surface area (TPSA) is 125 Å². The second kappa shape index (κ2) is 15.0. The van der Waals surface area contributed by atoms with Gasteiger partial charge in [0.2, 0.25) is 11.8 Å². The van der Waals surface area contributed by atoms with Gasteiger partial charge in [0.05, 0.1) is 5.92 Å². The normalized spacial score (nSPS) is 18.9. The van der Waals surface area contributed by atoms with E-state index in [4.69, 9.17) is 9.47 Å². The number of likely N-dealkylation sites (tertiary alicyclic amines) is 2. The maximum atomic E-state index is 13.0. The number of piperidine rings is 2. The molecule has 1 aromatic rings. The molecular formula is C30H44FN3O7. The van der Waals surface area contributed by atoms with E-state index in [2.05, 4.69) is 5.32 Å². The number of amides is 3. The Balaban J connectivity index is 1.44. The third-order valence-electron chi connectivity index (χ3n) is 7.50. The van der Waals surface area contributed by atoms with Gasteiger partial charge in [0, 0.05) is 39.0 Å². The minimum Gasteiger partial charge on any atom is -0.491 e. The summed E-state index contributed by atoms with van der Waals surface area (Å²) in [6, 6.07) is 5.55. The lowest BCUT2D eigenvalue weighted by Gasteiger charge is -2.35. The molecule has 228 valence electrons. The van der Waals surface area contributed by atoms with E-state index in [1.165, 1.54) is 0 Å². The molecule has 11 heteroatoms. The Morgan fingerprint density at radius 3 is 2.34 bits per heavy atom. The molecule has 41 heavy (non-hydrogen) atoms. The van der Waals surface area contributed by atoms with Crippen LogP contribution in [0.15, 0.2) is 24.3 Å². The molecule has 2 fully saturated rings. The van der Waals surface area contributed by atoms with Crippen LogP contribution in [-0.2, 0) is 25.5 Å². The highest BCUT2D eigenvalue weighted by Gasteiger charge is 2.32. The van der Waals surface area contributed by atoms with Crippen molar-refractivity contribution in [3.05, 3.63) is 29.8 Å². The van der Waals surface area contributed by atoms with Gasteiger partial charge in [-0.2, -0.15) is 0 Å². The largest absolute Gasteiger partial charge is 0.491 e. The molecular weight excluding hydrogens is 533 g/mol. The SMILES string of the molecule is CC(C)(C)OC(=O)N1CCC(CCC(=O)N2CCC[C@@H](C(=O)NC(Cc3ccc(OCCF)cc3)C(=O)O)C2)CC1. The predicted molar refractivity (Wildman–Crippen MR) is 150 cm³/mol. The van der Waals surface area contributed by atoms with Gasteiger partial charge in [0.1, 0.15) is 30.7 Å². The van der Waals surface area contributed by atoms with Crippen LogP contribution in [0.1, 0.15) is 64.9 Å². The first-order valence-electron chi connectivity index (χ1n) is 14.5. The monoisotopic (exact) mass is 577 g/mol. The van der Waals surface area contributed by atoms with E-state index in [0.717, 1.165) is 19.3 Å². The molecule has 2 aliphatic rings. The first-order valence-corrected chi connectivity index (χ1v) is 14.5.